The summed E-state index contributed by atoms with van der Waals surface area (Å²) in [6, 6.07) is 3.31. The molecule has 1 unspecified atom stereocenters. The molecule has 1 aromatic heterocycles. The lowest BCUT2D eigenvalue weighted by molar-refractivity contribution is -0.117. The van der Waals surface area contributed by atoms with Gasteiger partial charge < -0.3 is 4.90 Å². The maximum Gasteiger partial charge on any atom is 0.228 e. The molecule has 0 saturated carbocycles. The van der Waals surface area contributed by atoms with Crippen LogP contribution < -0.4 is 4.90 Å². The Bertz CT molecular complexity index is 413. The molecule has 0 radical (unpaired) electrons. The summed E-state index contributed by atoms with van der Waals surface area (Å²) < 4.78 is 0. The number of amides is 1. The molecule has 0 N–H and O–H groups in total. The van der Waals surface area contributed by atoms with E-state index in [2.05, 4.69) is 17.6 Å². The largest absolute Gasteiger partial charge is 0.308 e. The number of halogens is 2. The maximum atomic E-state index is 11.6. The van der Waals surface area contributed by atoms with Crippen LogP contribution in [0.3, 0.4) is 0 Å². The third-order valence-electron chi connectivity index (χ3n) is 2.19. The van der Waals surface area contributed by atoms with Crippen molar-refractivity contribution in [2.45, 2.75) is 11.7 Å². The normalized spacial score (nSPS) is 21.1. The van der Waals surface area contributed by atoms with Crippen molar-refractivity contribution in [1.82, 2.24) is 4.98 Å². The molecular weight excluding hydrogens is 255 g/mol. The van der Waals surface area contributed by atoms with Crippen LogP contribution in [0.25, 0.3) is 0 Å². The molecule has 6 heteroatoms. The molecule has 1 amide bonds. The van der Waals surface area contributed by atoms with Gasteiger partial charge in [-0.3, -0.25) is 4.79 Å². The van der Waals surface area contributed by atoms with E-state index < -0.39 is 0 Å². The zero-order valence-corrected chi connectivity index (χ0v) is 10.1. The predicted octanol–water partition coefficient (Wildman–Crippen LogP) is 2.42. The van der Waals surface area contributed by atoms with Crippen molar-refractivity contribution in [3.05, 3.63) is 22.4 Å². The first-order valence-electron chi connectivity index (χ1n) is 4.38. The molecule has 0 spiro atoms. The number of rotatable bonds is 1. The lowest BCUT2D eigenvalue weighted by atomic mass is 10.4. The van der Waals surface area contributed by atoms with Gasteiger partial charge >= 0.3 is 0 Å². The van der Waals surface area contributed by atoms with E-state index in [9.17, 15) is 4.79 Å². The minimum Gasteiger partial charge on any atom is -0.308 e. The van der Waals surface area contributed by atoms with Crippen molar-refractivity contribution < 1.29 is 4.79 Å². The molecule has 0 aliphatic carbocycles. The number of pyridine rings is 1. The standard InChI is InChI=1S/C9H8Cl2N2OS/c10-7-2-1-6(9(11)12-7)13-4-5(15)3-8(13)14/h1-2,5,15H,3-4H2. The van der Waals surface area contributed by atoms with Crippen LogP contribution in [0.5, 0.6) is 0 Å². The Kier molecular flexibility index (Phi) is 3.09. The third-order valence-corrected chi connectivity index (χ3v) is 3.02. The van der Waals surface area contributed by atoms with Gasteiger partial charge in [0.1, 0.15) is 5.15 Å². The van der Waals surface area contributed by atoms with E-state index >= 15 is 0 Å². The monoisotopic (exact) mass is 262 g/mol. The molecule has 2 rings (SSSR count). The minimum atomic E-state index is 0.0148. The van der Waals surface area contributed by atoms with Gasteiger partial charge in [0.05, 0.1) is 5.69 Å². The zero-order valence-electron chi connectivity index (χ0n) is 7.65. The van der Waals surface area contributed by atoms with Crippen LogP contribution in [-0.2, 0) is 4.79 Å². The van der Waals surface area contributed by atoms with E-state index in [4.69, 9.17) is 23.2 Å². The van der Waals surface area contributed by atoms with E-state index in [0.717, 1.165) is 0 Å². The lowest BCUT2D eigenvalue weighted by Gasteiger charge is -2.16. The average molecular weight is 263 g/mol. The summed E-state index contributed by atoms with van der Waals surface area (Å²) in [5, 5.41) is 0.625. The second-order valence-electron chi connectivity index (χ2n) is 3.31. The lowest BCUT2D eigenvalue weighted by Crippen LogP contribution is -2.25. The van der Waals surface area contributed by atoms with E-state index in [-0.39, 0.29) is 16.3 Å². The van der Waals surface area contributed by atoms with Gasteiger partial charge in [-0.25, -0.2) is 4.98 Å². The summed E-state index contributed by atoms with van der Waals surface area (Å²) in [5.74, 6) is 0.0148. The number of carbonyl (C=O) groups excluding carboxylic acids is 1. The fourth-order valence-electron chi connectivity index (χ4n) is 1.53. The van der Waals surface area contributed by atoms with Crippen molar-refractivity contribution in [2.24, 2.45) is 0 Å². The quantitative estimate of drug-likeness (QED) is 0.623. The number of nitrogens with zero attached hydrogens (tertiary/aromatic N) is 2. The summed E-state index contributed by atoms with van der Waals surface area (Å²) in [6.07, 6.45) is 0.433. The molecule has 2 heterocycles. The minimum absolute atomic E-state index is 0.0148. The van der Waals surface area contributed by atoms with Crippen LogP contribution in [-0.4, -0.2) is 22.7 Å². The fraction of sp³-hybridized carbons (Fsp3) is 0.333. The number of hydrogen-bond acceptors (Lipinski definition) is 3. The first-order chi connectivity index (χ1) is 7.08. The van der Waals surface area contributed by atoms with Crippen LogP contribution in [0.2, 0.25) is 10.3 Å². The molecule has 1 aliphatic rings. The Morgan fingerprint density at radius 3 is 2.73 bits per heavy atom. The van der Waals surface area contributed by atoms with E-state index in [0.29, 0.717) is 23.8 Å². The van der Waals surface area contributed by atoms with Gasteiger partial charge in [-0.05, 0) is 12.1 Å². The van der Waals surface area contributed by atoms with Gasteiger partial charge in [-0.1, -0.05) is 23.2 Å². The molecule has 3 nitrogen and oxygen atoms in total. The topological polar surface area (TPSA) is 33.2 Å². The highest BCUT2D eigenvalue weighted by atomic mass is 35.5. The van der Waals surface area contributed by atoms with Gasteiger partial charge in [0.25, 0.3) is 0 Å². The van der Waals surface area contributed by atoms with Gasteiger partial charge in [-0.2, -0.15) is 12.6 Å². The highest BCUT2D eigenvalue weighted by Crippen LogP contribution is 2.30. The molecule has 1 saturated heterocycles. The first-order valence-corrected chi connectivity index (χ1v) is 5.65. The number of anilines is 1. The molecular formula is C9H8Cl2N2OS. The second kappa shape index (κ2) is 4.20. The Labute approximate surface area is 103 Å². The summed E-state index contributed by atoms with van der Waals surface area (Å²) in [5.41, 5.74) is 0.600. The molecule has 80 valence electrons. The van der Waals surface area contributed by atoms with E-state index in [1.165, 1.54) is 0 Å². The molecule has 0 aromatic carbocycles. The van der Waals surface area contributed by atoms with Crippen molar-refractivity contribution in [2.75, 3.05) is 11.4 Å². The number of thiol groups is 1. The highest BCUT2D eigenvalue weighted by molar-refractivity contribution is 7.81. The summed E-state index contributed by atoms with van der Waals surface area (Å²) >= 11 is 15.8. The van der Waals surface area contributed by atoms with Crippen molar-refractivity contribution in [3.63, 3.8) is 0 Å². The Balaban J connectivity index is 2.34. The SMILES string of the molecule is O=C1CC(S)CN1c1ccc(Cl)nc1Cl. The fourth-order valence-corrected chi connectivity index (χ4v) is 2.29. The highest BCUT2D eigenvalue weighted by Gasteiger charge is 2.29. The van der Waals surface area contributed by atoms with Crippen molar-refractivity contribution in [3.8, 4) is 0 Å². The van der Waals surface area contributed by atoms with Gasteiger partial charge in [0, 0.05) is 18.2 Å². The van der Waals surface area contributed by atoms with Crippen LogP contribution >= 0.6 is 35.8 Å². The summed E-state index contributed by atoms with van der Waals surface area (Å²) in [6.45, 7) is 0.560. The number of aromatic nitrogens is 1. The number of hydrogen-bond donors (Lipinski definition) is 1. The second-order valence-corrected chi connectivity index (χ2v) is 4.78. The Morgan fingerprint density at radius 2 is 2.20 bits per heavy atom. The maximum absolute atomic E-state index is 11.6. The Morgan fingerprint density at radius 1 is 1.47 bits per heavy atom. The first kappa shape index (κ1) is 11.0. The van der Waals surface area contributed by atoms with Crippen molar-refractivity contribution >= 4 is 47.4 Å². The van der Waals surface area contributed by atoms with E-state index in [1.807, 2.05) is 0 Å². The van der Waals surface area contributed by atoms with Crippen LogP contribution in [0.1, 0.15) is 6.42 Å². The molecule has 15 heavy (non-hydrogen) atoms. The molecule has 1 aliphatic heterocycles. The third kappa shape index (κ3) is 2.22. The Hall–Kier alpha value is -0.450. The average Bonchev–Trinajstić information content (AvgIpc) is 2.45. The van der Waals surface area contributed by atoms with Crippen LogP contribution in [0, 0.1) is 0 Å². The number of carbonyl (C=O) groups is 1. The van der Waals surface area contributed by atoms with Crippen molar-refractivity contribution in [1.29, 1.82) is 0 Å². The molecule has 1 aromatic rings. The smallest absolute Gasteiger partial charge is 0.228 e. The van der Waals surface area contributed by atoms with E-state index in [1.54, 1.807) is 17.0 Å². The predicted molar refractivity (Wildman–Crippen MR) is 64.0 cm³/mol. The molecule has 1 fully saturated rings. The molecule has 1 atom stereocenters. The van der Waals surface area contributed by atoms with Gasteiger partial charge in [-0.15, -0.1) is 0 Å². The van der Waals surface area contributed by atoms with Gasteiger partial charge in [0.15, 0.2) is 5.15 Å². The van der Waals surface area contributed by atoms with Crippen LogP contribution in [0.15, 0.2) is 12.1 Å². The zero-order chi connectivity index (χ0) is 11.0. The molecule has 0 bridgehead atoms. The summed E-state index contributed by atoms with van der Waals surface area (Å²) in [7, 11) is 0. The van der Waals surface area contributed by atoms with Crippen LogP contribution in [0.4, 0.5) is 5.69 Å². The van der Waals surface area contributed by atoms with Gasteiger partial charge in [0.2, 0.25) is 5.91 Å². The summed E-state index contributed by atoms with van der Waals surface area (Å²) in [4.78, 5) is 17.1.